The predicted molar refractivity (Wildman–Crippen MR) is 117 cm³/mol. The lowest BCUT2D eigenvalue weighted by Crippen LogP contribution is -2.33. The van der Waals surface area contributed by atoms with Gasteiger partial charge in [-0.1, -0.05) is 20.8 Å². The van der Waals surface area contributed by atoms with Gasteiger partial charge >= 0.3 is 0 Å². The van der Waals surface area contributed by atoms with Crippen LogP contribution < -0.4 is 0 Å². The average molecular weight is 735 g/mol. The zero-order valence-corrected chi connectivity index (χ0v) is 20.3. The Bertz CT molecular complexity index is 603. The monoisotopic (exact) mass is 735 g/mol. The third kappa shape index (κ3) is 3.54. The molecule has 0 saturated heterocycles. The number of carbonyl (C=O) groups is 2. The third-order valence-electron chi connectivity index (χ3n) is 3.27. The van der Waals surface area contributed by atoms with Gasteiger partial charge in [0.25, 0.3) is 11.8 Å². The largest absolute Gasteiger partial charge is 0.274 e. The lowest BCUT2D eigenvalue weighted by molar-refractivity contribution is 0.0638. The number of rotatable bonds is 2. The molecule has 1 aromatic rings. The lowest BCUT2D eigenvalue weighted by atomic mass is 9.92. The molecule has 1 heterocycles. The molecule has 114 valence electrons. The zero-order valence-electron chi connectivity index (χ0n) is 11.7. The smallest absolute Gasteiger partial charge is 0.262 e. The third-order valence-corrected chi connectivity index (χ3v) is 10.7. The molecule has 0 saturated carbocycles. The van der Waals surface area contributed by atoms with Crippen molar-refractivity contribution in [2.24, 2.45) is 5.41 Å². The van der Waals surface area contributed by atoms with Crippen LogP contribution in [0.2, 0.25) is 0 Å². The van der Waals surface area contributed by atoms with Crippen molar-refractivity contribution < 1.29 is 9.59 Å². The molecule has 2 rings (SSSR count). The van der Waals surface area contributed by atoms with Gasteiger partial charge in [0.1, 0.15) is 0 Å². The van der Waals surface area contributed by atoms with Gasteiger partial charge in [-0.15, -0.1) is 0 Å². The van der Waals surface area contributed by atoms with Crippen molar-refractivity contribution in [2.45, 2.75) is 27.2 Å². The molecular weight excluding hydrogens is 722 g/mol. The van der Waals surface area contributed by atoms with Gasteiger partial charge < -0.3 is 0 Å². The second-order valence-corrected chi connectivity index (χ2v) is 10.4. The summed E-state index contributed by atoms with van der Waals surface area (Å²) < 4.78 is 3.89. The first-order valence-electron chi connectivity index (χ1n) is 6.28. The molecular formula is C14H13I4NO2. The Kier molecular flexibility index (Phi) is 5.89. The molecule has 2 amide bonds. The summed E-state index contributed by atoms with van der Waals surface area (Å²) in [5.74, 6) is -0.285. The number of hydrogen-bond donors (Lipinski definition) is 0. The van der Waals surface area contributed by atoms with E-state index in [0.29, 0.717) is 17.7 Å². The average Bonchev–Trinajstić information content (AvgIpc) is 2.62. The molecule has 0 unspecified atom stereocenters. The highest BCUT2D eigenvalue weighted by Gasteiger charge is 2.40. The van der Waals surface area contributed by atoms with E-state index in [9.17, 15) is 9.59 Å². The van der Waals surface area contributed by atoms with Crippen molar-refractivity contribution in [1.29, 1.82) is 0 Å². The molecule has 0 spiro atoms. The molecule has 1 aliphatic heterocycles. The van der Waals surface area contributed by atoms with Crippen LogP contribution in [-0.4, -0.2) is 23.3 Å². The molecule has 0 aliphatic carbocycles. The van der Waals surface area contributed by atoms with Crippen LogP contribution in [0.15, 0.2) is 0 Å². The van der Waals surface area contributed by atoms with Crippen LogP contribution in [0.25, 0.3) is 0 Å². The number of carbonyl (C=O) groups excluding carboxylic acids is 2. The first kappa shape index (κ1) is 18.6. The van der Waals surface area contributed by atoms with E-state index in [1.807, 2.05) is 0 Å². The van der Waals surface area contributed by atoms with E-state index in [1.165, 1.54) is 4.90 Å². The van der Waals surface area contributed by atoms with Crippen LogP contribution in [0.4, 0.5) is 0 Å². The van der Waals surface area contributed by atoms with Gasteiger partial charge in [-0.2, -0.15) is 0 Å². The Labute approximate surface area is 178 Å². The summed E-state index contributed by atoms with van der Waals surface area (Å²) in [5, 5.41) is 0. The maximum atomic E-state index is 12.7. The normalized spacial score (nSPS) is 14.9. The number of halogens is 4. The van der Waals surface area contributed by atoms with E-state index in [4.69, 9.17) is 0 Å². The minimum atomic E-state index is -0.143. The van der Waals surface area contributed by atoms with Crippen molar-refractivity contribution in [2.75, 3.05) is 6.54 Å². The summed E-state index contributed by atoms with van der Waals surface area (Å²) in [6.45, 7) is 6.83. The van der Waals surface area contributed by atoms with Crippen LogP contribution in [0.1, 0.15) is 47.9 Å². The minimum absolute atomic E-state index is 0.0957. The Hall–Kier alpha value is 1.28. The molecule has 3 nitrogen and oxygen atoms in total. The highest BCUT2D eigenvalue weighted by molar-refractivity contribution is 14.1. The topological polar surface area (TPSA) is 37.4 Å². The lowest BCUT2D eigenvalue weighted by Gasteiger charge is -2.22. The summed E-state index contributed by atoms with van der Waals surface area (Å²) in [6, 6.07) is 0. The van der Waals surface area contributed by atoms with Gasteiger partial charge in [-0.3, -0.25) is 14.5 Å². The molecule has 21 heavy (non-hydrogen) atoms. The summed E-state index contributed by atoms with van der Waals surface area (Å²) in [4.78, 5) is 26.7. The zero-order chi connectivity index (χ0) is 16.1. The minimum Gasteiger partial charge on any atom is -0.274 e. The molecule has 0 atom stereocenters. The van der Waals surface area contributed by atoms with Crippen molar-refractivity contribution in [3.63, 3.8) is 0 Å². The summed E-state index contributed by atoms with van der Waals surface area (Å²) >= 11 is 8.84. The predicted octanol–water partition coefficient (Wildman–Crippen LogP) is 5.14. The van der Waals surface area contributed by atoms with Crippen LogP contribution in [0.5, 0.6) is 0 Å². The fourth-order valence-electron chi connectivity index (χ4n) is 2.05. The second-order valence-electron chi connectivity index (χ2n) is 6.08. The Balaban J connectivity index is 2.48. The highest BCUT2D eigenvalue weighted by atomic mass is 127. The van der Waals surface area contributed by atoms with E-state index in [0.717, 1.165) is 20.7 Å². The molecule has 0 fully saturated rings. The number of hydrogen-bond acceptors (Lipinski definition) is 2. The van der Waals surface area contributed by atoms with Gasteiger partial charge in [0, 0.05) is 20.8 Å². The van der Waals surface area contributed by atoms with Crippen molar-refractivity contribution in [3.8, 4) is 0 Å². The fraction of sp³-hybridized carbons (Fsp3) is 0.429. The van der Waals surface area contributed by atoms with Crippen LogP contribution in [0.3, 0.4) is 0 Å². The van der Waals surface area contributed by atoms with Crippen molar-refractivity contribution in [1.82, 2.24) is 4.90 Å². The number of imide groups is 1. The molecule has 0 N–H and O–H groups in total. The van der Waals surface area contributed by atoms with E-state index in [-0.39, 0.29) is 17.2 Å². The van der Waals surface area contributed by atoms with Gasteiger partial charge in [-0.05, 0) is 102 Å². The second kappa shape index (κ2) is 6.65. The molecule has 7 heteroatoms. The van der Waals surface area contributed by atoms with E-state index >= 15 is 0 Å². The molecule has 0 radical (unpaired) electrons. The van der Waals surface area contributed by atoms with Crippen LogP contribution in [-0.2, 0) is 0 Å². The standard InChI is InChI=1S/C14H13I4NO2/c1-14(2,3)4-5-19-12(20)6-7(13(19)21)9(16)11(18)10(17)8(6)15/h4-5H2,1-3H3. The van der Waals surface area contributed by atoms with E-state index in [1.54, 1.807) is 0 Å². The molecule has 1 aliphatic rings. The van der Waals surface area contributed by atoms with Crippen molar-refractivity contribution in [3.05, 3.63) is 25.4 Å². The fourth-order valence-corrected chi connectivity index (χ4v) is 5.70. The summed E-state index contributed by atoms with van der Waals surface area (Å²) in [6.07, 6.45) is 0.805. The molecule has 1 aromatic carbocycles. The number of amides is 2. The van der Waals surface area contributed by atoms with Gasteiger partial charge in [0.05, 0.1) is 11.1 Å². The van der Waals surface area contributed by atoms with Crippen molar-refractivity contribution >= 4 is 102 Å². The first-order chi connectivity index (χ1) is 9.56. The molecule has 0 bridgehead atoms. The van der Waals surface area contributed by atoms with Gasteiger partial charge in [0.15, 0.2) is 0 Å². The Morgan fingerprint density at radius 2 is 1.19 bits per heavy atom. The quantitative estimate of drug-likeness (QED) is 0.183. The Morgan fingerprint density at radius 3 is 1.52 bits per heavy atom. The SMILES string of the molecule is CC(C)(C)CCN1C(=O)c2c(I)c(I)c(I)c(I)c2C1=O. The maximum Gasteiger partial charge on any atom is 0.262 e. The summed E-state index contributed by atoms with van der Waals surface area (Å²) in [5.41, 5.74) is 1.27. The van der Waals surface area contributed by atoms with Gasteiger partial charge in [0.2, 0.25) is 0 Å². The number of nitrogens with zero attached hydrogens (tertiary/aromatic N) is 1. The highest BCUT2D eigenvalue weighted by Crippen LogP contribution is 2.37. The van der Waals surface area contributed by atoms with Crippen LogP contribution in [0, 0.1) is 19.7 Å². The first-order valence-corrected chi connectivity index (χ1v) is 10.6. The number of fused-ring (bicyclic) bond motifs is 1. The Morgan fingerprint density at radius 1 is 0.810 bits per heavy atom. The number of benzene rings is 1. The van der Waals surface area contributed by atoms with E-state index in [2.05, 4.69) is 111 Å². The maximum absolute atomic E-state index is 12.7. The van der Waals surface area contributed by atoms with Gasteiger partial charge in [-0.25, -0.2) is 0 Å². The van der Waals surface area contributed by atoms with Crippen LogP contribution >= 0.6 is 90.4 Å². The summed E-state index contributed by atoms with van der Waals surface area (Å²) in [7, 11) is 0. The van der Waals surface area contributed by atoms with E-state index < -0.39 is 0 Å². The molecule has 0 aromatic heterocycles.